The summed E-state index contributed by atoms with van der Waals surface area (Å²) in [5, 5.41) is 2.67. The molecule has 0 spiro atoms. The molecule has 1 aliphatic carbocycles. The van der Waals surface area contributed by atoms with E-state index in [1.165, 1.54) is 18.5 Å². The average molecular weight is 306 g/mol. The molecule has 0 unspecified atom stereocenters. The number of amides is 1. The standard InChI is InChI=1S/C15H13ClFN3O/c16-11-6-5-9(7-12(11)17)20-15(21)14-10-3-1-2-4-13(10)18-8-19-14/h5-8H,1-4H2,(H,20,21). The number of nitrogens with one attached hydrogen (secondary N) is 1. The molecular weight excluding hydrogens is 293 g/mol. The van der Waals surface area contributed by atoms with Gasteiger partial charge in [-0.25, -0.2) is 14.4 Å². The monoisotopic (exact) mass is 305 g/mol. The molecule has 1 aliphatic rings. The Bertz CT molecular complexity index is 705. The molecule has 1 amide bonds. The maximum atomic E-state index is 13.4. The molecule has 0 radical (unpaired) electrons. The van der Waals surface area contributed by atoms with Crippen molar-refractivity contribution in [2.24, 2.45) is 0 Å². The topological polar surface area (TPSA) is 54.9 Å². The molecule has 1 aromatic carbocycles. The predicted molar refractivity (Wildman–Crippen MR) is 78.0 cm³/mol. The number of hydrogen-bond donors (Lipinski definition) is 1. The van der Waals surface area contributed by atoms with E-state index in [4.69, 9.17) is 11.6 Å². The lowest BCUT2D eigenvalue weighted by Gasteiger charge is -2.16. The molecule has 3 rings (SSSR count). The maximum absolute atomic E-state index is 13.4. The second-order valence-corrected chi connectivity index (χ2v) is 5.34. The van der Waals surface area contributed by atoms with Crippen molar-refractivity contribution in [3.8, 4) is 0 Å². The number of carbonyl (C=O) groups excluding carboxylic acids is 1. The number of anilines is 1. The molecule has 108 valence electrons. The number of aryl methyl sites for hydroxylation is 1. The fraction of sp³-hybridized carbons (Fsp3) is 0.267. The maximum Gasteiger partial charge on any atom is 0.274 e. The SMILES string of the molecule is O=C(Nc1ccc(Cl)c(F)c1)c1ncnc2c1CCCC2. The minimum Gasteiger partial charge on any atom is -0.321 e. The third kappa shape index (κ3) is 2.88. The summed E-state index contributed by atoms with van der Waals surface area (Å²) in [6, 6.07) is 4.15. The van der Waals surface area contributed by atoms with Gasteiger partial charge < -0.3 is 5.32 Å². The van der Waals surface area contributed by atoms with Gasteiger partial charge in [0, 0.05) is 16.9 Å². The van der Waals surface area contributed by atoms with Gasteiger partial charge in [-0.1, -0.05) is 11.6 Å². The van der Waals surface area contributed by atoms with E-state index in [0.29, 0.717) is 11.4 Å². The number of rotatable bonds is 2. The van der Waals surface area contributed by atoms with Crippen molar-refractivity contribution < 1.29 is 9.18 Å². The summed E-state index contributed by atoms with van der Waals surface area (Å²) in [4.78, 5) is 20.6. The van der Waals surface area contributed by atoms with E-state index in [2.05, 4.69) is 15.3 Å². The van der Waals surface area contributed by atoms with Gasteiger partial charge in [0.2, 0.25) is 0 Å². The summed E-state index contributed by atoms with van der Waals surface area (Å²) in [6.45, 7) is 0. The molecular formula is C15H13ClFN3O. The van der Waals surface area contributed by atoms with Crippen molar-refractivity contribution >= 4 is 23.2 Å². The Morgan fingerprint density at radius 1 is 1.24 bits per heavy atom. The molecule has 2 aromatic rings. The molecule has 0 saturated carbocycles. The van der Waals surface area contributed by atoms with Crippen LogP contribution in [0.4, 0.5) is 10.1 Å². The minimum absolute atomic E-state index is 0.0208. The van der Waals surface area contributed by atoms with Crippen LogP contribution in [0.25, 0.3) is 0 Å². The molecule has 1 heterocycles. The van der Waals surface area contributed by atoms with Crippen LogP contribution in [-0.4, -0.2) is 15.9 Å². The van der Waals surface area contributed by atoms with E-state index in [1.807, 2.05) is 0 Å². The number of fused-ring (bicyclic) bond motifs is 1. The van der Waals surface area contributed by atoms with Crippen LogP contribution in [0.5, 0.6) is 0 Å². The number of benzene rings is 1. The summed E-state index contributed by atoms with van der Waals surface area (Å²) < 4.78 is 13.4. The normalized spacial score (nSPS) is 13.6. The first-order chi connectivity index (χ1) is 10.1. The fourth-order valence-corrected chi connectivity index (χ4v) is 2.60. The van der Waals surface area contributed by atoms with E-state index in [0.717, 1.165) is 36.9 Å². The first kappa shape index (κ1) is 13.9. The highest BCUT2D eigenvalue weighted by Gasteiger charge is 2.20. The van der Waals surface area contributed by atoms with Crippen LogP contribution >= 0.6 is 11.6 Å². The molecule has 1 aromatic heterocycles. The number of aromatic nitrogens is 2. The summed E-state index contributed by atoms with van der Waals surface area (Å²) in [7, 11) is 0. The summed E-state index contributed by atoms with van der Waals surface area (Å²) in [5.74, 6) is -0.920. The van der Waals surface area contributed by atoms with Gasteiger partial charge >= 0.3 is 0 Å². The molecule has 0 aliphatic heterocycles. The Morgan fingerprint density at radius 2 is 2.05 bits per heavy atom. The first-order valence-electron chi connectivity index (χ1n) is 6.74. The zero-order chi connectivity index (χ0) is 14.8. The molecule has 21 heavy (non-hydrogen) atoms. The molecule has 1 N–H and O–H groups in total. The quantitative estimate of drug-likeness (QED) is 0.925. The number of halogens is 2. The van der Waals surface area contributed by atoms with E-state index < -0.39 is 5.82 Å². The van der Waals surface area contributed by atoms with Crippen molar-refractivity contribution in [1.29, 1.82) is 0 Å². The lowest BCUT2D eigenvalue weighted by Crippen LogP contribution is -2.20. The van der Waals surface area contributed by atoms with Gasteiger partial charge in [-0.05, 0) is 43.9 Å². The van der Waals surface area contributed by atoms with Crippen LogP contribution in [0.2, 0.25) is 5.02 Å². The number of hydrogen-bond acceptors (Lipinski definition) is 3. The van der Waals surface area contributed by atoms with Crippen molar-refractivity contribution in [2.45, 2.75) is 25.7 Å². The van der Waals surface area contributed by atoms with Crippen molar-refractivity contribution in [3.05, 3.63) is 52.3 Å². The minimum atomic E-state index is -0.570. The molecule has 0 bridgehead atoms. The molecule has 0 saturated heterocycles. The van der Waals surface area contributed by atoms with Crippen molar-refractivity contribution in [3.63, 3.8) is 0 Å². The Morgan fingerprint density at radius 3 is 2.86 bits per heavy atom. The first-order valence-corrected chi connectivity index (χ1v) is 7.12. The Hall–Kier alpha value is -2.01. The second-order valence-electron chi connectivity index (χ2n) is 4.94. The van der Waals surface area contributed by atoms with E-state index in [1.54, 1.807) is 6.07 Å². The van der Waals surface area contributed by atoms with Crippen LogP contribution in [0.15, 0.2) is 24.5 Å². The van der Waals surface area contributed by atoms with Gasteiger partial charge in [0.05, 0.1) is 5.02 Å². The largest absolute Gasteiger partial charge is 0.321 e. The molecule has 6 heteroatoms. The van der Waals surface area contributed by atoms with Crippen LogP contribution in [0.3, 0.4) is 0 Å². The highest BCUT2D eigenvalue weighted by atomic mass is 35.5. The summed E-state index contributed by atoms with van der Waals surface area (Å²) >= 11 is 5.62. The Balaban J connectivity index is 1.87. The van der Waals surface area contributed by atoms with Gasteiger partial charge in [0.15, 0.2) is 0 Å². The van der Waals surface area contributed by atoms with Crippen LogP contribution in [0.1, 0.15) is 34.6 Å². The molecule has 4 nitrogen and oxygen atoms in total. The Kier molecular flexibility index (Phi) is 3.84. The van der Waals surface area contributed by atoms with Crippen molar-refractivity contribution in [1.82, 2.24) is 9.97 Å². The van der Waals surface area contributed by atoms with Gasteiger partial charge in [0.1, 0.15) is 17.8 Å². The lowest BCUT2D eigenvalue weighted by molar-refractivity contribution is 0.102. The van der Waals surface area contributed by atoms with Crippen LogP contribution in [-0.2, 0) is 12.8 Å². The smallest absolute Gasteiger partial charge is 0.274 e. The summed E-state index contributed by atoms with van der Waals surface area (Å²) in [6.07, 6.45) is 5.17. The zero-order valence-electron chi connectivity index (χ0n) is 11.2. The highest BCUT2D eigenvalue weighted by molar-refractivity contribution is 6.30. The second kappa shape index (κ2) is 5.77. The molecule has 0 atom stereocenters. The zero-order valence-corrected chi connectivity index (χ0v) is 12.0. The van der Waals surface area contributed by atoms with Gasteiger partial charge in [-0.2, -0.15) is 0 Å². The molecule has 0 fully saturated rings. The van der Waals surface area contributed by atoms with Crippen LogP contribution in [0, 0.1) is 5.82 Å². The van der Waals surface area contributed by atoms with E-state index in [-0.39, 0.29) is 10.9 Å². The Labute approximate surface area is 126 Å². The summed E-state index contributed by atoms with van der Waals surface area (Å²) in [5.41, 5.74) is 2.56. The van der Waals surface area contributed by atoms with Crippen LogP contribution < -0.4 is 5.32 Å². The highest BCUT2D eigenvalue weighted by Crippen LogP contribution is 2.23. The average Bonchev–Trinajstić information content (AvgIpc) is 2.50. The van der Waals surface area contributed by atoms with Gasteiger partial charge in [-0.15, -0.1) is 0 Å². The van der Waals surface area contributed by atoms with Crippen molar-refractivity contribution in [2.75, 3.05) is 5.32 Å². The third-order valence-corrected chi connectivity index (χ3v) is 3.82. The number of carbonyl (C=O) groups is 1. The fourth-order valence-electron chi connectivity index (χ4n) is 2.48. The number of nitrogens with zero attached hydrogens (tertiary/aromatic N) is 2. The lowest BCUT2D eigenvalue weighted by atomic mass is 9.94. The predicted octanol–water partition coefficient (Wildman–Crippen LogP) is 3.40. The van der Waals surface area contributed by atoms with Gasteiger partial charge in [0.25, 0.3) is 5.91 Å². The third-order valence-electron chi connectivity index (χ3n) is 3.52. The van der Waals surface area contributed by atoms with E-state index in [9.17, 15) is 9.18 Å². The van der Waals surface area contributed by atoms with E-state index >= 15 is 0 Å². The van der Waals surface area contributed by atoms with Gasteiger partial charge in [-0.3, -0.25) is 4.79 Å².